The van der Waals surface area contributed by atoms with Crippen LogP contribution in [0.2, 0.25) is 0 Å². The van der Waals surface area contributed by atoms with Gasteiger partial charge in [-0.05, 0) is 18.4 Å². The molecule has 2 rings (SSSR count). The standard InChI is InChI=1S/C13H11F5O2/c1-20-11(19)9-7(10(14)15)3-2-4-8(9)12(5-6-12)13(16,17)18/h2-4,10H,5-6H2,1H3. The van der Waals surface area contributed by atoms with E-state index in [-0.39, 0.29) is 12.8 Å². The number of alkyl halides is 5. The fourth-order valence-electron chi connectivity index (χ4n) is 2.31. The second kappa shape index (κ2) is 4.71. The van der Waals surface area contributed by atoms with Crippen LogP contribution < -0.4 is 0 Å². The van der Waals surface area contributed by atoms with Gasteiger partial charge in [-0.1, -0.05) is 18.2 Å². The summed E-state index contributed by atoms with van der Waals surface area (Å²) in [4.78, 5) is 11.6. The van der Waals surface area contributed by atoms with E-state index in [1.807, 2.05) is 0 Å². The van der Waals surface area contributed by atoms with Gasteiger partial charge in [-0.15, -0.1) is 0 Å². The number of ether oxygens (including phenoxy) is 1. The van der Waals surface area contributed by atoms with E-state index in [0.29, 0.717) is 0 Å². The highest BCUT2D eigenvalue weighted by Gasteiger charge is 2.65. The first-order chi connectivity index (χ1) is 9.24. The van der Waals surface area contributed by atoms with Gasteiger partial charge >= 0.3 is 12.1 Å². The molecule has 1 fully saturated rings. The summed E-state index contributed by atoms with van der Waals surface area (Å²) in [7, 11) is 0.946. The zero-order valence-electron chi connectivity index (χ0n) is 10.4. The maximum Gasteiger partial charge on any atom is 0.398 e. The summed E-state index contributed by atoms with van der Waals surface area (Å²) in [5, 5.41) is 0. The minimum atomic E-state index is -4.59. The molecule has 0 spiro atoms. The molecule has 0 unspecified atom stereocenters. The predicted octanol–water partition coefficient (Wildman–Crippen LogP) is 4.00. The molecule has 0 bridgehead atoms. The Hall–Kier alpha value is -1.66. The van der Waals surface area contributed by atoms with Crippen molar-refractivity contribution in [2.45, 2.75) is 30.9 Å². The van der Waals surface area contributed by atoms with Crippen molar-refractivity contribution in [3.63, 3.8) is 0 Å². The second-order valence-electron chi connectivity index (χ2n) is 4.64. The van der Waals surface area contributed by atoms with E-state index in [0.717, 1.165) is 25.3 Å². The molecule has 1 aromatic rings. The zero-order chi connectivity index (χ0) is 15.1. The van der Waals surface area contributed by atoms with Crippen LogP contribution in [0.3, 0.4) is 0 Å². The van der Waals surface area contributed by atoms with Gasteiger partial charge in [0.2, 0.25) is 0 Å². The highest BCUT2D eigenvalue weighted by molar-refractivity contribution is 5.93. The predicted molar refractivity (Wildman–Crippen MR) is 59.7 cm³/mol. The summed E-state index contributed by atoms with van der Waals surface area (Å²) >= 11 is 0. The summed E-state index contributed by atoms with van der Waals surface area (Å²) in [6.07, 6.45) is -8.07. The quantitative estimate of drug-likeness (QED) is 0.622. The largest absolute Gasteiger partial charge is 0.465 e. The molecule has 1 saturated carbocycles. The van der Waals surface area contributed by atoms with Gasteiger partial charge in [-0.25, -0.2) is 13.6 Å². The molecule has 2 nitrogen and oxygen atoms in total. The molecule has 20 heavy (non-hydrogen) atoms. The highest BCUT2D eigenvalue weighted by Crippen LogP contribution is 2.60. The van der Waals surface area contributed by atoms with Crippen molar-refractivity contribution >= 4 is 5.97 Å². The number of halogens is 5. The maximum atomic E-state index is 13.1. The molecule has 1 aromatic carbocycles. The summed E-state index contributed by atoms with van der Waals surface area (Å²) in [5.41, 5.74) is -4.03. The number of esters is 1. The van der Waals surface area contributed by atoms with E-state index in [9.17, 15) is 26.7 Å². The molecule has 110 valence electrons. The third-order valence-electron chi connectivity index (χ3n) is 3.53. The number of hydrogen-bond donors (Lipinski definition) is 0. The molecule has 0 saturated heterocycles. The number of carbonyl (C=O) groups excluding carboxylic acids is 1. The van der Waals surface area contributed by atoms with E-state index in [2.05, 4.69) is 4.74 Å². The number of methoxy groups -OCH3 is 1. The lowest BCUT2D eigenvalue weighted by molar-refractivity contribution is -0.160. The number of carbonyl (C=O) groups is 1. The molecule has 0 aliphatic heterocycles. The van der Waals surface area contributed by atoms with Gasteiger partial charge in [0.25, 0.3) is 6.43 Å². The summed E-state index contributed by atoms with van der Waals surface area (Å²) in [6, 6.07) is 3.11. The fourth-order valence-corrected chi connectivity index (χ4v) is 2.31. The first kappa shape index (κ1) is 14.7. The van der Waals surface area contributed by atoms with Crippen molar-refractivity contribution < 1.29 is 31.5 Å². The maximum absolute atomic E-state index is 13.1. The van der Waals surface area contributed by atoms with Crippen molar-refractivity contribution in [3.8, 4) is 0 Å². The van der Waals surface area contributed by atoms with Gasteiger partial charge in [0.05, 0.1) is 18.1 Å². The van der Waals surface area contributed by atoms with Crippen LogP contribution in [-0.2, 0) is 10.2 Å². The SMILES string of the molecule is COC(=O)c1c(C(F)F)cccc1C1(C(F)(F)F)CC1. The molecule has 0 N–H and O–H groups in total. The molecule has 1 aliphatic carbocycles. The third-order valence-corrected chi connectivity index (χ3v) is 3.53. The van der Waals surface area contributed by atoms with E-state index in [1.54, 1.807) is 0 Å². The molecule has 1 aliphatic rings. The van der Waals surface area contributed by atoms with Crippen LogP contribution in [0.25, 0.3) is 0 Å². The van der Waals surface area contributed by atoms with Crippen molar-refractivity contribution in [1.29, 1.82) is 0 Å². The molecular formula is C13H11F5O2. The summed E-state index contributed by atoms with van der Waals surface area (Å²) in [5.74, 6) is -1.17. The Morgan fingerprint density at radius 3 is 2.30 bits per heavy atom. The highest BCUT2D eigenvalue weighted by atomic mass is 19.4. The monoisotopic (exact) mass is 294 g/mol. The Morgan fingerprint density at radius 1 is 1.30 bits per heavy atom. The zero-order valence-corrected chi connectivity index (χ0v) is 10.4. The molecule has 7 heteroatoms. The lowest BCUT2D eigenvalue weighted by Gasteiger charge is -2.23. The van der Waals surface area contributed by atoms with Crippen LogP contribution in [0.5, 0.6) is 0 Å². The van der Waals surface area contributed by atoms with E-state index >= 15 is 0 Å². The molecule has 0 heterocycles. The number of benzene rings is 1. The molecule has 0 aromatic heterocycles. The van der Waals surface area contributed by atoms with Crippen LogP contribution in [0, 0.1) is 0 Å². The lowest BCUT2D eigenvalue weighted by atomic mass is 9.88. The normalized spacial score (nSPS) is 17.1. The van der Waals surface area contributed by atoms with Crippen molar-refractivity contribution in [1.82, 2.24) is 0 Å². The lowest BCUT2D eigenvalue weighted by Crippen LogP contribution is -2.31. The third kappa shape index (κ3) is 2.14. The first-order valence-corrected chi connectivity index (χ1v) is 5.81. The smallest absolute Gasteiger partial charge is 0.398 e. The number of rotatable bonds is 3. The van der Waals surface area contributed by atoms with Crippen molar-refractivity contribution in [3.05, 3.63) is 34.9 Å². The van der Waals surface area contributed by atoms with E-state index in [1.165, 1.54) is 0 Å². The Kier molecular flexibility index (Phi) is 3.47. The minimum Gasteiger partial charge on any atom is -0.465 e. The van der Waals surface area contributed by atoms with Crippen molar-refractivity contribution in [2.24, 2.45) is 0 Å². The molecule has 0 radical (unpaired) electrons. The molecule has 0 amide bonds. The average molecular weight is 294 g/mol. The molecular weight excluding hydrogens is 283 g/mol. The van der Waals surface area contributed by atoms with Crippen LogP contribution in [-0.4, -0.2) is 19.3 Å². The van der Waals surface area contributed by atoms with E-state index in [4.69, 9.17) is 0 Å². The van der Waals surface area contributed by atoms with Crippen LogP contribution in [0.15, 0.2) is 18.2 Å². The van der Waals surface area contributed by atoms with Crippen LogP contribution in [0.1, 0.15) is 40.8 Å². The molecule has 0 atom stereocenters. The Balaban J connectivity index is 2.66. The van der Waals surface area contributed by atoms with Crippen LogP contribution >= 0.6 is 0 Å². The second-order valence-corrected chi connectivity index (χ2v) is 4.64. The van der Waals surface area contributed by atoms with Gasteiger partial charge < -0.3 is 4.74 Å². The van der Waals surface area contributed by atoms with Gasteiger partial charge in [-0.2, -0.15) is 13.2 Å². The Bertz CT molecular complexity index is 532. The van der Waals surface area contributed by atoms with Crippen LogP contribution in [0.4, 0.5) is 22.0 Å². The Labute approximate surface area is 111 Å². The topological polar surface area (TPSA) is 26.3 Å². The number of hydrogen-bond acceptors (Lipinski definition) is 2. The van der Waals surface area contributed by atoms with Gasteiger partial charge in [0.15, 0.2) is 0 Å². The van der Waals surface area contributed by atoms with E-state index < -0.39 is 40.7 Å². The summed E-state index contributed by atoms with van der Waals surface area (Å²) in [6.45, 7) is 0. The van der Waals surface area contributed by atoms with Gasteiger partial charge in [0, 0.05) is 5.56 Å². The van der Waals surface area contributed by atoms with Gasteiger partial charge in [-0.3, -0.25) is 0 Å². The summed E-state index contributed by atoms with van der Waals surface area (Å²) < 4.78 is 69.6. The van der Waals surface area contributed by atoms with Gasteiger partial charge in [0.1, 0.15) is 0 Å². The Morgan fingerprint density at radius 2 is 1.90 bits per heavy atom. The minimum absolute atomic E-state index is 0.215. The fraction of sp³-hybridized carbons (Fsp3) is 0.462. The van der Waals surface area contributed by atoms with Crippen molar-refractivity contribution in [2.75, 3.05) is 7.11 Å². The average Bonchev–Trinajstić information content (AvgIpc) is 3.17. The first-order valence-electron chi connectivity index (χ1n) is 5.81.